The Morgan fingerprint density at radius 1 is 1.19 bits per heavy atom. The molecule has 0 amide bonds. The summed E-state index contributed by atoms with van der Waals surface area (Å²) in [6, 6.07) is 12.4. The van der Waals surface area contributed by atoms with Crippen molar-refractivity contribution in [3.63, 3.8) is 0 Å². The van der Waals surface area contributed by atoms with Gasteiger partial charge in [0.2, 0.25) is 0 Å². The molecular weight excluding hydrogens is 361 g/mol. The number of hydrogen-bond acceptors (Lipinski definition) is 4. The molecule has 144 valence electrons. The lowest BCUT2D eigenvalue weighted by Gasteiger charge is -2.44. The minimum atomic E-state index is -4.58. The van der Waals surface area contributed by atoms with E-state index in [4.69, 9.17) is 0 Å². The first-order chi connectivity index (χ1) is 12.7. The van der Waals surface area contributed by atoms with E-state index in [9.17, 15) is 28.2 Å². The molecule has 2 N–H and O–H groups in total. The number of pyridine rings is 1. The van der Waals surface area contributed by atoms with Crippen molar-refractivity contribution in [1.29, 1.82) is 0 Å². The maximum Gasteiger partial charge on any atom is 0.433 e. The number of aromatic nitrogens is 1. The quantitative estimate of drug-likeness (QED) is 0.853. The van der Waals surface area contributed by atoms with Gasteiger partial charge >= 0.3 is 12.1 Å². The Hall–Kier alpha value is -2.61. The van der Waals surface area contributed by atoms with Crippen molar-refractivity contribution in [2.75, 3.05) is 18.0 Å². The van der Waals surface area contributed by atoms with Gasteiger partial charge in [-0.15, -0.1) is 0 Å². The molecule has 8 heteroatoms. The van der Waals surface area contributed by atoms with Gasteiger partial charge in [-0.25, -0.2) is 4.98 Å². The van der Waals surface area contributed by atoms with Gasteiger partial charge in [0.1, 0.15) is 16.9 Å². The van der Waals surface area contributed by atoms with Gasteiger partial charge in [-0.2, -0.15) is 13.2 Å². The van der Waals surface area contributed by atoms with Crippen LogP contribution in [0.2, 0.25) is 0 Å². The minimum Gasteiger partial charge on any atom is -0.481 e. The zero-order chi connectivity index (χ0) is 19.7. The molecule has 0 saturated carbocycles. The van der Waals surface area contributed by atoms with E-state index in [-0.39, 0.29) is 31.7 Å². The van der Waals surface area contributed by atoms with Gasteiger partial charge in [-0.05, 0) is 30.5 Å². The average molecular weight is 380 g/mol. The third-order valence-electron chi connectivity index (χ3n) is 4.92. The lowest BCUT2D eigenvalue weighted by Crippen LogP contribution is -2.57. The fourth-order valence-corrected chi connectivity index (χ4v) is 3.45. The third-order valence-corrected chi connectivity index (χ3v) is 4.92. The van der Waals surface area contributed by atoms with Crippen molar-refractivity contribution in [3.8, 4) is 0 Å². The normalized spacial score (nSPS) is 23.3. The number of aliphatic hydroxyl groups excluding tert-OH is 1. The Balaban J connectivity index is 1.93. The molecule has 27 heavy (non-hydrogen) atoms. The summed E-state index contributed by atoms with van der Waals surface area (Å²) in [7, 11) is 0. The average Bonchev–Trinajstić information content (AvgIpc) is 2.63. The topological polar surface area (TPSA) is 73.7 Å². The largest absolute Gasteiger partial charge is 0.481 e. The minimum absolute atomic E-state index is 0.0513. The van der Waals surface area contributed by atoms with E-state index < -0.39 is 29.4 Å². The first-order valence-electron chi connectivity index (χ1n) is 8.47. The molecule has 1 aromatic carbocycles. The first-order valence-corrected chi connectivity index (χ1v) is 8.47. The summed E-state index contributed by atoms with van der Waals surface area (Å²) in [5.74, 6) is -1.13. The lowest BCUT2D eigenvalue weighted by molar-refractivity contribution is -0.157. The Morgan fingerprint density at radius 3 is 2.52 bits per heavy atom. The summed E-state index contributed by atoms with van der Waals surface area (Å²) in [6.45, 7) is 0.0893. The molecule has 1 saturated heterocycles. The molecule has 2 atom stereocenters. The number of carboxylic acid groups (broad SMARTS) is 1. The molecular formula is C19H19F3N2O3. The van der Waals surface area contributed by atoms with Gasteiger partial charge in [0, 0.05) is 13.1 Å². The summed E-state index contributed by atoms with van der Waals surface area (Å²) in [5.41, 5.74) is -1.83. The summed E-state index contributed by atoms with van der Waals surface area (Å²) < 4.78 is 38.8. The molecule has 5 nitrogen and oxygen atoms in total. The summed E-state index contributed by atoms with van der Waals surface area (Å²) in [6.07, 6.45) is -5.51. The highest BCUT2D eigenvalue weighted by Gasteiger charge is 2.49. The van der Waals surface area contributed by atoms with Crippen molar-refractivity contribution in [3.05, 3.63) is 59.8 Å². The number of benzene rings is 1. The van der Waals surface area contributed by atoms with Crippen molar-refractivity contribution in [2.24, 2.45) is 5.41 Å². The van der Waals surface area contributed by atoms with Crippen LogP contribution in [0, 0.1) is 5.41 Å². The lowest BCUT2D eigenvalue weighted by atomic mass is 9.73. The van der Waals surface area contributed by atoms with E-state index in [1.807, 2.05) is 0 Å². The predicted octanol–water partition coefficient (Wildman–Crippen LogP) is 2.99. The molecule has 0 aliphatic carbocycles. The number of nitrogens with zero attached hydrogens (tertiary/aromatic N) is 2. The van der Waals surface area contributed by atoms with Crippen molar-refractivity contribution in [2.45, 2.75) is 25.1 Å². The molecule has 1 fully saturated rings. The Bertz CT molecular complexity index is 813. The maximum atomic E-state index is 12.9. The van der Waals surface area contributed by atoms with Crippen LogP contribution in [0.3, 0.4) is 0 Å². The van der Waals surface area contributed by atoms with Crippen LogP contribution < -0.4 is 4.90 Å². The van der Waals surface area contributed by atoms with Crippen LogP contribution in [0.1, 0.15) is 17.7 Å². The van der Waals surface area contributed by atoms with Gasteiger partial charge in [-0.1, -0.05) is 36.4 Å². The SMILES string of the molecule is O=C(O)[C@]1(Cc2ccccc2)CN(c2cccc(C(F)(F)F)n2)CC[C@@H]1O. The Kier molecular flexibility index (Phi) is 5.10. The molecule has 3 rings (SSSR count). The van der Waals surface area contributed by atoms with Gasteiger partial charge in [0.15, 0.2) is 0 Å². The monoisotopic (exact) mass is 380 g/mol. The van der Waals surface area contributed by atoms with Crippen molar-refractivity contribution >= 4 is 11.8 Å². The number of aliphatic carboxylic acids is 1. The van der Waals surface area contributed by atoms with Crippen LogP contribution in [-0.4, -0.2) is 40.4 Å². The fraction of sp³-hybridized carbons (Fsp3) is 0.368. The van der Waals surface area contributed by atoms with E-state index in [0.717, 1.165) is 11.6 Å². The second-order valence-corrected chi connectivity index (χ2v) is 6.73. The van der Waals surface area contributed by atoms with Crippen LogP contribution >= 0.6 is 0 Å². The van der Waals surface area contributed by atoms with Gasteiger partial charge in [-0.3, -0.25) is 4.79 Å². The zero-order valence-electron chi connectivity index (χ0n) is 14.4. The summed E-state index contributed by atoms with van der Waals surface area (Å²) in [5, 5.41) is 20.4. The number of piperidine rings is 1. The highest BCUT2D eigenvalue weighted by Crippen LogP contribution is 2.37. The smallest absolute Gasteiger partial charge is 0.433 e. The van der Waals surface area contributed by atoms with E-state index in [1.165, 1.54) is 17.0 Å². The first kappa shape index (κ1) is 19.2. The number of anilines is 1. The Labute approximate surface area is 154 Å². The number of alkyl halides is 3. The standard InChI is InChI=1S/C19H19F3N2O3/c20-19(21,22)14-7-4-8-16(23-14)24-10-9-15(25)18(12-24,17(26)27)11-13-5-2-1-3-6-13/h1-8,15,25H,9-12H2,(H,26,27)/t15-,18+/m0/s1. The van der Waals surface area contributed by atoms with Crippen molar-refractivity contribution in [1.82, 2.24) is 4.98 Å². The number of carbonyl (C=O) groups is 1. The van der Waals surface area contributed by atoms with Crippen LogP contribution in [0.4, 0.5) is 19.0 Å². The second kappa shape index (κ2) is 7.19. The number of rotatable bonds is 4. The van der Waals surface area contributed by atoms with E-state index in [1.54, 1.807) is 30.3 Å². The highest BCUT2D eigenvalue weighted by atomic mass is 19.4. The molecule has 2 aromatic rings. The fourth-order valence-electron chi connectivity index (χ4n) is 3.45. The van der Waals surface area contributed by atoms with Crippen molar-refractivity contribution < 1.29 is 28.2 Å². The molecule has 0 bridgehead atoms. The molecule has 1 aliphatic heterocycles. The predicted molar refractivity (Wildman–Crippen MR) is 92.3 cm³/mol. The number of hydrogen-bond donors (Lipinski definition) is 2. The number of carboxylic acids is 1. The summed E-state index contributed by atoms with van der Waals surface area (Å²) >= 11 is 0. The summed E-state index contributed by atoms with van der Waals surface area (Å²) in [4.78, 5) is 17.3. The van der Waals surface area contributed by atoms with Gasteiger partial charge < -0.3 is 15.1 Å². The van der Waals surface area contributed by atoms with E-state index in [2.05, 4.69) is 4.98 Å². The molecule has 0 radical (unpaired) electrons. The molecule has 0 unspecified atom stereocenters. The second-order valence-electron chi connectivity index (χ2n) is 6.73. The van der Waals surface area contributed by atoms with Crippen LogP contribution in [0.25, 0.3) is 0 Å². The van der Waals surface area contributed by atoms with Crippen LogP contribution in [0.5, 0.6) is 0 Å². The highest BCUT2D eigenvalue weighted by molar-refractivity contribution is 5.77. The van der Waals surface area contributed by atoms with E-state index >= 15 is 0 Å². The zero-order valence-corrected chi connectivity index (χ0v) is 14.4. The Morgan fingerprint density at radius 2 is 1.89 bits per heavy atom. The van der Waals surface area contributed by atoms with E-state index in [0.29, 0.717) is 0 Å². The molecule has 2 heterocycles. The van der Waals surface area contributed by atoms with Crippen LogP contribution in [-0.2, 0) is 17.4 Å². The van der Waals surface area contributed by atoms with Gasteiger partial charge in [0.05, 0.1) is 6.10 Å². The maximum absolute atomic E-state index is 12.9. The molecule has 0 spiro atoms. The third kappa shape index (κ3) is 3.90. The van der Waals surface area contributed by atoms with Gasteiger partial charge in [0.25, 0.3) is 0 Å². The number of halogens is 3. The number of aliphatic hydroxyl groups is 1. The molecule has 1 aromatic heterocycles. The van der Waals surface area contributed by atoms with Crippen LogP contribution in [0.15, 0.2) is 48.5 Å². The molecule has 1 aliphatic rings.